The summed E-state index contributed by atoms with van der Waals surface area (Å²) in [6, 6.07) is 11.7. The lowest BCUT2D eigenvalue weighted by Gasteiger charge is -2.44. The summed E-state index contributed by atoms with van der Waals surface area (Å²) in [5, 5.41) is 12.4. The second kappa shape index (κ2) is 7.92. The Bertz CT molecular complexity index is 525. The number of piperidine rings is 1. The molecule has 0 unspecified atom stereocenters. The lowest BCUT2D eigenvalue weighted by Crippen LogP contribution is -2.57. The van der Waals surface area contributed by atoms with Gasteiger partial charge in [-0.2, -0.15) is 5.26 Å². The number of nitrogens with one attached hydrogen (secondary N) is 1. The second-order valence-corrected chi connectivity index (χ2v) is 6.82. The van der Waals surface area contributed by atoms with Gasteiger partial charge < -0.3 is 5.32 Å². The molecule has 1 N–H and O–H groups in total. The first-order chi connectivity index (χ1) is 11.3. The van der Waals surface area contributed by atoms with Crippen LogP contribution in [0.15, 0.2) is 24.3 Å². The zero-order valence-corrected chi connectivity index (χ0v) is 14.2. The average molecular weight is 312 g/mol. The molecule has 0 bridgehead atoms. The molecule has 2 aliphatic heterocycles. The standard InChI is InChI=1S/C19H28N4/c1-2-18-14-21-9-12-23(18)19-7-10-22(11-8-19)15-17-5-3-16(13-20)4-6-17/h3-6,18-19,21H,2,7-12,14-15H2,1H3/t18-/m0/s1. The first-order valence-electron chi connectivity index (χ1n) is 8.98. The molecule has 1 aromatic rings. The van der Waals surface area contributed by atoms with Crippen molar-refractivity contribution in [2.45, 2.75) is 44.8 Å². The third kappa shape index (κ3) is 4.11. The maximum Gasteiger partial charge on any atom is 0.0991 e. The highest BCUT2D eigenvalue weighted by atomic mass is 15.3. The van der Waals surface area contributed by atoms with E-state index in [2.05, 4.69) is 40.2 Å². The predicted octanol–water partition coefficient (Wildman–Crippen LogP) is 2.21. The van der Waals surface area contributed by atoms with Gasteiger partial charge >= 0.3 is 0 Å². The number of likely N-dealkylation sites (tertiary alicyclic amines) is 1. The van der Waals surface area contributed by atoms with Gasteiger partial charge in [-0.25, -0.2) is 0 Å². The summed E-state index contributed by atoms with van der Waals surface area (Å²) in [6.45, 7) is 9.20. The summed E-state index contributed by atoms with van der Waals surface area (Å²) in [6.07, 6.45) is 3.82. The lowest BCUT2D eigenvalue weighted by molar-refractivity contribution is 0.0543. The Morgan fingerprint density at radius 2 is 1.91 bits per heavy atom. The monoisotopic (exact) mass is 312 g/mol. The van der Waals surface area contributed by atoms with E-state index < -0.39 is 0 Å². The van der Waals surface area contributed by atoms with Gasteiger partial charge in [-0.15, -0.1) is 0 Å². The third-order valence-corrected chi connectivity index (χ3v) is 5.38. The molecule has 124 valence electrons. The van der Waals surface area contributed by atoms with Gasteiger partial charge in [0, 0.05) is 38.3 Å². The average Bonchev–Trinajstić information content (AvgIpc) is 2.63. The van der Waals surface area contributed by atoms with Crippen LogP contribution in [0.25, 0.3) is 0 Å². The Hall–Kier alpha value is -1.41. The van der Waals surface area contributed by atoms with Crippen LogP contribution in [0.5, 0.6) is 0 Å². The Balaban J connectivity index is 1.50. The van der Waals surface area contributed by atoms with Crippen molar-refractivity contribution in [1.29, 1.82) is 5.26 Å². The minimum absolute atomic E-state index is 0.721. The summed E-state index contributed by atoms with van der Waals surface area (Å²) in [7, 11) is 0. The molecular weight excluding hydrogens is 284 g/mol. The van der Waals surface area contributed by atoms with Gasteiger partial charge in [0.15, 0.2) is 0 Å². The van der Waals surface area contributed by atoms with Crippen LogP contribution < -0.4 is 5.32 Å². The van der Waals surface area contributed by atoms with Crippen molar-refractivity contribution in [3.8, 4) is 6.07 Å². The van der Waals surface area contributed by atoms with Crippen LogP contribution in [-0.2, 0) is 6.54 Å². The summed E-state index contributed by atoms with van der Waals surface area (Å²) >= 11 is 0. The van der Waals surface area contributed by atoms with Gasteiger partial charge in [0.1, 0.15) is 0 Å². The molecule has 0 saturated carbocycles. The number of piperazine rings is 1. The van der Waals surface area contributed by atoms with Gasteiger partial charge in [-0.3, -0.25) is 9.80 Å². The van der Waals surface area contributed by atoms with E-state index in [0.29, 0.717) is 0 Å². The van der Waals surface area contributed by atoms with E-state index in [9.17, 15) is 0 Å². The molecule has 1 aromatic carbocycles. The molecule has 4 heteroatoms. The molecule has 23 heavy (non-hydrogen) atoms. The summed E-state index contributed by atoms with van der Waals surface area (Å²) in [4.78, 5) is 5.32. The molecule has 0 aliphatic carbocycles. The predicted molar refractivity (Wildman–Crippen MR) is 93.1 cm³/mol. The molecule has 4 nitrogen and oxygen atoms in total. The maximum atomic E-state index is 8.88. The van der Waals surface area contributed by atoms with Crippen molar-refractivity contribution in [2.75, 3.05) is 32.7 Å². The smallest absolute Gasteiger partial charge is 0.0991 e. The zero-order chi connectivity index (χ0) is 16.1. The van der Waals surface area contributed by atoms with Crippen molar-refractivity contribution >= 4 is 0 Å². The first kappa shape index (κ1) is 16.4. The number of rotatable bonds is 4. The molecule has 2 aliphatic rings. The van der Waals surface area contributed by atoms with Gasteiger partial charge in [-0.1, -0.05) is 19.1 Å². The van der Waals surface area contributed by atoms with E-state index in [0.717, 1.165) is 37.3 Å². The van der Waals surface area contributed by atoms with Gasteiger partial charge in [0.25, 0.3) is 0 Å². The largest absolute Gasteiger partial charge is 0.314 e. The SMILES string of the molecule is CC[C@H]1CNCCN1C1CCN(Cc2ccc(C#N)cc2)CC1. The van der Waals surface area contributed by atoms with Gasteiger partial charge in [0.05, 0.1) is 11.6 Å². The fraction of sp³-hybridized carbons (Fsp3) is 0.632. The van der Waals surface area contributed by atoms with Gasteiger partial charge in [0.2, 0.25) is 0 Å². The minimum Gasteiger partial charge on any atom is -0.314 e. The Morgan fingerprint density at radius 3 is 2.57 bits per heavy atom. The van der Waals surface area contributed by atoms with Crippen molar-refractivity contribution in [3.63, 3.8) is 0 Å². The summed E-state index contributed by atoms with van der Waals surface area (Å²) in [5.74, 6) is 0. The Morgan fingerprint density at radius 1 is 1.17 bits per heavy atom. The second-order valence-electron chi connectivity index (χ2n) is 6.82. The fourth-order valence-electron chi connectivity index (χ4n) is 3.99. The molecule has 1 atom stereocenters. The summed E-state index contributed by atoms with van der Waals surface area (Å²) in [5.41, 5.74) is 2.06. The molecule has 0 aromatic heterocycles. The normalized spacial score (nSPS) is 24.4. The lowest BCUT2D eigenvalue weighted by atomic mass is 9.98. The van der Waals surface area contributed by atoms with Crippen LogP contribution in [0, 0.1) is 11.3 Å². The van der Waals surface area contributed by atoms with Crippen molar-refractivity contribution < 1.29 is 0 Å². The van der Waals surface area contributed by atoms with E-state index in [1.165, 1.54) is 44.5 Å². The zero-order valence-electron chi connectivity index (χ0n) is 14.2. The van der Waals surface area contributed by atoms with E-state index in [4.69, 9.17) is 5.26 Å². The van der Waals surface area contributed by atoms with Crippen LogP contribution in [0.4, 0.5) is 0 Å². The highest BCUT2D eigenvalue weighted by Gasteiger charge is 2.30. The van der Waals surface area contributed by atoms with E-state index in [1.807, 2.05) is 12.1 Å². The summed E-state index contributed by atoms with van der Waals surface area (Å²) < 4.78 is 0. The molecule has 2 saturated heterocycles. The van der Waals surface area contributed by atoms with Crippen LogP contribution in [0.3, 0.4) is 0 Å². The third-order valence-electron chi connectivity index (χ3n) is 5.38. The number of nitriles is 1. The molecular formula is C19H28N4. The molecule has 3 rings (SSSR count). The van der Waals surface area contributed by atoms with Crippen LogP contribution >= 0.6 is 0 Å². The molecule has 2 fully saturated rings. The van der Waals surface area contributed by atoms with Gasteiger partial charge in [-0.05, 0) is 50.0 Å². The molecule has 0 spiro atoms. The fourth-order valence-corrected chi connectivity index (χ4v) is 3.99. The van der Waals surface area contributed by atoms with E-state index in [1.54, 1.807) is 0 Å². The first-order valence-corrected chi connectivity index (χ1v) is 8.98. The Labute approximate surface area is 140 Å². The number of benzene rings is 1. The quantitative estimate of drug-likeness (QED) is 0.925. The number of nitrogens with zero attached hydrogens (tertiary/aromatic N) is 3. The maximum absolute atomic E-state index is 8.88. The van der Waals surface area contributed by atoms with Crippen molar-refractivity contribution in [3.05, 3.63) is 35.4 Å². The van der Waals surface area contributed by atoms with Crippen LogP contribution in [0.2, 0.25) is 0 Å². The van der Waals surface area contributed by atoms with Crippen LogP contribution in [-0.4, -0.2) is 54.6 Å². The number of hydrogen-bond acceptors (Lipinski definition) is 4. The Kier molecular flexibility index (Phi) is 5.66. The van der Waals surface area contributed by atoms with Crippen LogP contribution in [0.1, 0.15) is 37.3 Å². The highest BCUT2D eigenvalue weighted by Crippen LogP contribution is 2.22. The topological polar surface area (TPSA) is 42.3 Å². The van der Waals surface area contributed by atoms with E-state index >= 15 is 0 Å². The van der Waals surface area contributed by atoms with Crippen molar-refractivity contribution in [1.82, 2.24) is 15.1 Å². The minimum atomic E-state index is 0.721. The molecule has 0 radical (unpaired) electrons. The molecule has 2 heterocycles. The van der Waals surface area contributed by atoms with E-state index in [-0.39, 0.29) is 0 Å². The molecule has 0 amide bonds. The van der Waals surface area contributed by atoms with Crippen molar-refractivity contribution in [2.24, 2.45) is 0 Å². The highest BCUT2D eigenvalue weighted by molar-refractivity contribution is 5.31. The number of hydrogen-bond donors (Lipinski definition) is 1.